The van der Waals surface area contributed by atoms with Gasteiger partial charge in [0.05, 0.1) is 20.6 Å². The smallest absolute Gasteiger partial charge is 0.227 e. The Kier molecular flexibility index (Phi) is 7.55. The standard InChI is InChI=1S/C14H19Cl2NO3/c1-19-12-4-3-11(9-13(12)20-2)10-14(18)17(7-5-15)8-6-16/h3-4,9H,5-8,10H2,1-2H3. The van der Waals surface area contributed by atoms with Crippen LogP contribution in [0.15, 0.2) is 18.2 Å². The molecule has 0 radical (unpaired) electrons. The molecule has 0 fully saturated rings. The van der Waals surface area contributed by atoms with Crippen LogP contribution in [0.3, 0.4) is 0 Å². The van der Waals surface area contributed by atoms with E-state index in [1.54, 1.807) is 31.3 Å². The largest absolute Gasteiger partial charge is 0.493 e. The quantitative estimate of drug-likeness (QED) is 0.691. The summed E-state index contributed by atoms with van der Waals surface area (Å²) in [7, 11) is 3.14. The van der Waals surface area contributed by atoms with Gasteiger partial charge in [-0.15, -0.1) is 23.2 Å². The molecule has 0 saturated heterocycles. The zero-order chi connectivity index (χ0) is 15.0. The number of rotatable bonds is 8. The summed E-state index contributed by atoms with van der Waals surface area (Å²) < 4.78 is 10.4. The molecular formula is C14H19Cl2NO3. The molecule has 1 rings (SSSR count). The fraction of sp³-hybridized carbons (Fsp3) is 0.500. The Morgan fingerprint density at radius 2 is 1.70 bits per heavy atom. The van der Waals surface area contributed by atoms with Crippen LogP contribution in [0.2, 0.25) is 0 Å². The fourth-order valence-corrected chi connectivity index (χ4v) is 2.25. The van der Waals surface area contributed by atoms with Gasteiger partial charge in [-0.2, -0.15) is 0 Å². The summed E-state index contributed by atoms with van der Waals surface area (Å²) in [5.41, 5.74) is 0.863. The number of carbonyl (C=O) groups excluding carboxylic acids is 1. The first-order valence-corrected chi connectivity index (χ1v) is 7.33. The molecule has 1 aromatic carbocycles. The van der Waals surface area contributed by atoms with Gasteiger partial charge in [-0.25, -0.2) is 0 Å². The summed E-state index contributed by atoms with van der Waals surface area (Å²) in [6, 6.07) is 5.43. The van der Waals surface area contributed by atoms with E-state index in [1.807, 2.05) is 6.07 Å². The fourth-order valence-electron chi connectivity index (χ4n) is 1.84. The second kappa shape index (κ2) is 8.93. The van der Waals surface area contributed by atoms with E-state index in [-0.39, 0.29) is 12.3 Å². The molecule has 1 aromatic rings. The van der Waals surface area contributed by atoms with Crippen molar-refractivity contribution in [1.82, 2.24) is 4.90 Å². The molecule has 0 bridgehead atoms. The number of amides is 1. The molecule has 0 N–H and O–H groups in total. The highest BCUT2D eigenvalue weighted by atomic mass is 35.5. The Bertz CT molecular complexity index is 434. The summed E-state index contributed by atoms with van der Waals surface area (Å²) >= 11 is 11.4. The van der Waals surface area contributed by atoms with Gasteiger partial charge in [0, 0.05) is 24.8 Å². The van der Waals surface area contributed by atoms with Crippen LogP contribution in [-0.4, -0.2) is 49.9 Å². The van der Waals surface area contributed by atoms with Gasteiger partial charge in [0.2, 0.25) is 5.91 Å². The monoisotopic (exact) mass is 319 g/mol. The number of halogens is 2. The SMILES string of the molecule is COc1ccc(CC(=O)N(CCCl)CCCl)cc1OC. The summed E-state index contributed by atoms with van der Waals surface area (Å²) in [5.74, 6) is 2.04. The summed E-state index contributed by atoms with van der Waals surface area (Å²) in [5, 5.41) is 0. The van der Waals surface area contributed by atoms with Gasteiger partial charge in [0.25, 0.3) is 0 Å². The molecule has 0 aliphatic carbocycles. The van der Waals surface area contributed by atoms with E-state index >= 15 is 0 Å². The number of carbonyl (C=O) groups is 1. The molecule has 0 aliphatic rings. The minimum Gasteiger partial charge on any atom is -0.493 e. The third-order valence-electron chi connectivity index (χ3n) is 2.86. The molecule has 0 aromatic heterocycles. The molecule has 0 atom stereocenters. The van der Waals surface area contributed by atoms with Crippen LogP contribution in [0.1, 0.15) is 5.56 Å². The molecule has 0 saturated carbocycles. The zero-order valence-corrected chi connectivity index (χ0v) is 13.2. The van der Waals surface area contributed by atoms with Crippen LogP contribution >= 0.6 is 23.2 Å². The summed E-state index contributed by atoms with van der Waals surface area (Å²) in [6.45, 7) is 1.00. The zero-order valence-electron chi connectivity index (χ0n) is 11.7. The van der Waals surface area contributed by atoms with Crippen LogP contribution in [0.25, 0.3) is 0 Å². The van der Waals surface area contributed by atoms with Crippen molar-refractivity contribution in [3.05, 3.63) is 23.8 Å². The van der Waals surface area contributed by atoms with Crippen molar-refractivity contribution in [1.29, 1.82) is 0 Å². The van der Waals surface area contributed by atoms with E-state index in [9.17, 15) is 4.79 Å². The van der Waals surface area contributed by atoms with Crippen LogP contribution in [0.5, 0.6) is 11.5 Å². The second-order valence-electron chi connectivity index (χ2n) is 4.12. The maximum atomic E-state index is 12.2. The van der Waals surface area contributed by atoms with Gasteiger partial charge in [0.1, 0.15) is 0 Å². The molecule has 0 heterocycles. The molecule has 4 nitrogen and oxygen atoms in total. The molecule has 112 valence electrons. The molecule has 6 heteroatoms. The third kappa shape index (κ3) is 4.76. The van der Waals surface area contributed by atoms with Crippen molar-refractivity contribution < 1.29 is 14.3 Å². The van der Waals surface area contributed by atoms with E-state index in [0.717, 1.165) is 5.56 Å². The predicted octanol–water partition coefficient (Wildman–Crippen LogP) is 2.55. The molecule has 0 unspecified atom stereocenters. The van der Waals surface area contributed by atoms with Crippen molar-refractivity contribution in [2.45, 2.75) is 6.42 Å². The van der Waals surface area contributed by atoms with E-state index < -0.39 is 0 Å². The van der Waals surface area contributed by atoms with E-state index in [2.05, 4.69) is 0 Å². The maximum Gasteiger partial charge on any atom is 0.227 e. The first-order chi connectivity index (χ1) is 9.65. The van der Waals surface area contributed by atoms with Crippen molar-refractivity contribution in [3.63, 3.8) is 0 Å². The summed E-state index contributed by atoms with van der Waals surface area (Å²) in [4.78, 5) is 13.8. The van der Waals surface area contributed by atoms with E-state index in [1.165, 1.54) is 0 Å². The summed E-state index contributed by atoms with van der Waals surface area (Å²) in [6.07, 6.45) is 0.286. The number of alkyl halides is 2. The molecule has 0 aliphatic heterocycles. The van der Waals surface area contributed by atoms with Gasteiger partial charge in [0.15, 0.2) is 11.5 Å². The Labute approximate surface area is 129 Å². The highest BCUT2D eigenvalue weighted by Crippen LogP contribution is 2.27. The van der Waals surface area contributed by atoms with Crippen molar-refractivity contribution >= 4 is 29.1 Å². The highest BCUT2D eigenvalue weighted by Gasteiger charge is 2.14. The lowest BCUT2D eigenvalue weighted by Gasteiger charge is -2.20. The number of benzene rings is 1. The lowest BCUT2D eigenvalue weighted by atomic mass is 10.1. The van der Waals surface area contributed by atoms with Gasteiger partial charge in [-0.05, 0) is 17.7 Å². The third-order valence-corrected chi connectivity index (χ3v) is 3.20. The second-order valence-corrected chi connectivity index (χ2v) is 4.88. The number of methoxy groups -OCH3 is 2. The van der Waals surface area contributed by atoms with E-state index in [4.69, 9.17) is 32.7 Å². The molecule has 20 heavy (non-hydrogen) atoms. The van der Waals surface area contributed by atoms with Crippen molar-refractivity contribution in [2.24, 2.45) is 0 Å². The van der Waals surface area contributed by atoms with Crippen molar-refractivity contribution in [3.8, 4) is 11.5 Å². The molecular weight excluding hydrogens is 301 g/mol. The van der Waals surface area contributed by atoms with Gasteiger partial charge in [-0.3, -0.25) is 4.79 Å². The Morgan fingerprint density at radius 1 is 1.10 bits per heavy atom. The lowest BCUT2D eigenvalue weighted by molar-refractivity contribution is -0.130. The topological polar surface area (TPSA) is 38.8 Å². The minimum atomic E-state index is -0.00137. The number of nitrogens with zero attached hydrogens (tertiary/aromatic N) is 1. The van der Waals surface area contributed by atoms with Crippen LogP contribution in [0, 0.1) is 0 Å². The number of hydrogen-bond donors (Lipinski definition) is 0. The van der Waals surface area contributed by atoms with Crippen LogP contribution in [-0.2, 0) is 11.2 Å². The van der Waals surface area contributed by atoms with Gasteiger partial charge < -0.3 is 14.4 Å². The van der Waals surface area contributed by atoms with Crippen LogP contribution in [0.4, 0.5) is 0 Å². The maximum absolute atomic E-state index is 12.2. The lowest BCUT2D eigenvalue weighted by Crippen LogP contribution is -2.35. The Balaban J connectivity index is 2.78. The van der Waals surface area contributed by atoms with Crippen LogP contribution < -0.4 is 9.47 Å². The minimum absolute atomic E-state index is 0.00137. The molecule has 0 spiro atoms. The van der Waals surface area contributed by atoms with Gasteiger partial charge in [-0.1, -0.05) is 6.07 Å². The highest BCUT2D eigenvalue weighted by molar-refractivity contribution is 6.18. The average molecular weight is 320 g/mol. The normalized spacial score (nSPS) is 10.2. The number of hydrogen-bond acceptors (Lipinski definition) is 3. The first-order valence-electron chi connectivity index (χ1n) is 6.26. The predicted molar refractivity (Wildman–Crippen MR) is 81.3 cm³/mol. The Hall–Kier alpha value is -1.13. The average Bonchev–Trinajstić information content (AvgIpc) is 2.46. The Morgan fingerprint density at radius 3 is 2.20 bits per heavy atom. The first kappa shape index (κ1) is 16.9. The molecule has 1 amide bonds. The van der Waals surface area contributed by atoms with Gasteiger partial charge >= 0.3 is 0 Å². The van der Waals surface area contributed by atoms with E-state index in [0.29, 0.717) is 36.3 Å². The van der Waals surface area contributed by atoms with Crippen molar-refractivity contribution in [2.75, 3.05) is 39.1 Å². The number of ether oxygens (including phenoxy) is 2.